The van der Waals surface area contributed by atoms with Crippen LogP contribution in [0.2, 0.25) is 0 Å². The molecule has 0 aliphatic rings. The third-order valence-electron chi connectivity index (χ3n) is 2.00. The van der Waals surface area contributed by atoms with Crippen LogP contribution in [0.5, 0.6) is 0 Å². The van der Waals surface area contributed by atoms with Crippen molar-refractivity contribution in [3.8, 4) is 0 Å². The quantitative estimate of drug-likeness (QED) is 0.748. The van der Waals surface area contributed by atoms with Crippen LogP contribution in [0, 0.1) is 0 Å². The fraction of sp³-hybridized carbons (Fsp3) is 0.333. The molecule has 1 aromatic rings. The van der Waals surface area contributed by atoms with Crippen molar-refractivity contribution in [3.05, 3.63) is 41.5 Å². The molecule has 0 spiro atoms. The Balaban J connectivity index is 2.66. The zero-order chi connectivity index (χ0) is 9.52. The number of benzene rings is 1. The van der Waals surface area contributed by atoms with Gasteiger partial charge in [0.2, 0.25) is 0 Å². The van der Waals surface area contributed by atoms with Crippen LogP contribution in [0.3, 0.4) is 0 Å². The molecule has 0 aliphatic heterocycles. The summed E-state index contributed by atoms with van der Waals surface area (Å²) in [5.41, 5.74) is 8.05. The van der Waals surface area contributed by atoms with Crippen molar-refractivity contribution in [2.75, 3.05) is 6.54 Å². The van der Waals surface area contributed by atoms with Gasteiger partial charge in [0.25, 0.3) is 0 Å². The van der Waals surface area contributed by atoms with Crippen LogP contribution >= 0.6 is 0 Å². The fourth-order valence-corrected chi connectivity index (χ4v) is 1.23. The fourth-order valence-electron chi connectivity index (χ4n) is 1.23. The van der Waals surface area contributed by atoms with Gasteiger partial charge in [0.05, 0.1) is 0 Å². The first-order chi connectivity index (χ1) is 6.36. The van der Waals surface area contributed by atoms with Crippen molar-refractivity contribution in [1.82, 2.24) is 0 Å². The van der Waals surface area contributed by atoms with E-state index in [4.69, 9.17) is 5.73 Å². The van der Waals surface area contributed by atoms with Gasteiger partial charge < -0.3 is 5.73 Å². The van der Waals surface area contributed by atoms with Gasteiger partial charge in [-0.1, -0.05) is 43.3 Å². The largest absolute Gasteiger partial charge is 0.330 e. The average Bonchev–Trinajstić information content (AvgIpc) is 2.19. The molecule has 0 bridgehead atoms. The Morgan fingerprint density at radius 1 is 1.38 bits per heavy atom. The van der Waals surface area contributed by atoms with Crippen molar-refractivity contribution in [1.29, 1.82) is 0 Å². The van der Waals surface area contributed by atoms with Crippen molar-refractivity contribution in [3.63, 3.8) is 0 Å². The molecule has 1 heteroatoms. The maximum atomic E-state index is 5.40. The summed E-state index contributed by atoms with van der Waals surface area (Å²) < 4.78 is 0. The lowest BCUT2D eigenvalue weighted by atomic mass is 10.1. The first-order valence-electron chi connectivity index (χ1n) is 4.82. The van der Waals surface area contributed by atoms with Gasteiger partial charge in [0.15, 0.2) is 0 Å². The molecule has 0 aliphatic carbocycles. The van der Waals surface area contributed by atoms with E-state index in [0.29, 0.717) is 0 Å². The zero-order valence-corrected chi connectivity index (χ0v) is 8.16. The molecule has 0 saturated carbocycles. The highest BCUT2D eigenvalue weighted by molar-refractivity contribution is 5.50. The van der Waals surface area contributed by atoms with Gasteiger partial charge in [-0.25, -0.2) is 0 Å². The molecule has 13 heavy (non-hydrogen) atoms. The molecular weight excluding hydrogens is 158 g/mol. The molecule has 0 atom stereocenters. The molecule has 0 fully saturated rings. The molecule has 0 aromatic heterocycles. The average molecular weight is 175 g/mol. The maximum Gasteiger partial charge on any atom is -0.00425 e. The predicted molar refractivity (Wildman–Crippen MR) is 58.5 cm³/mol. The van der Waals surface area contributed by atoms with E-state index in [-0.39, 0.29) is 0 Å². The second kappa shape index (κ2) is 5.55. The minimum atomic E-state index is 0.726. The lowest BCUT2D eigenvalue weighted by molar-refractivity contribution is 1.01. The van der Waals surface area contributed by atoms with Gasteiger partial charge >= 0.3 is 0 Å². The summed E-state index contributed by atoms with van der Waals surface area (Å²) in [5.74, 6) is 0. The van der Waals surface area contributed by atoms with Gasteiger partial charge in [-0.05, 0) is 30.5 Å². The van der Waals surface area contributed by atoms with Crippen molar-refractivity contribution in [2.45, 2.75) is 19.8 Å². The van der Waals surface area contributed by atoms with Crippen molar-refractivity contribution < 1.29 is 0 Å². The topological polar surface area (TPSA) is 26.0 Å². The summed E-state index contributed by atoms with van der Waals surface area (Å²) in [6.45, 7) is 2.90. The van der Waals surface area contributed by atoms with E-state index in [9.17, 15) is 0 Å². The Hall–Kier alpha value is -1.08. The van der Waals surface area contributed by atoms with Gasteiger partial charge in [0.1, 0.15) is 0 Å². The van der Waals surface area contributed by atoms with Crippen LogP contribution in [0.1, 0.15) is 24.5 Å². The molecule has 0 saturated heterocycles. The molecule has 70 valence electrons. The Morgan fingerprint density at radius 3 is 2.92 bits per heavy atom. The maximum absolute atomic E-state index is 5.40. The van der Waals surface area contributed by atoms with Crippen LogP contribution in [0.15, 0.2) is 30.3 Å². The summed E-state index contributed by atoms with van der Waals surface area (Å²) in [7, 11) is 0. The van der Waals surface area contributed by atoms with E-state index in [1.165, 1.54) is 11.1 Å². The summed E-state index contributed by atoms with van der Waals surface area (Å²) in [6.07, 6.45) is 6.30. The standard InChI is InChI=1S/C12H17N/c1-2-11-7-5-8-12(10-11)6-3-4-9-13/h3,5-8,10H,2,4,9,13H2,1H3/b6-3+. The van der Waals surface area contributed by atoms with Gasteiger partial charge in [0, 0.05) is 0 Å². The zero-order valence-electron chi connectivity index (χ0n) is 8.16. The number of nitrogens with two attached hydrogens (primary N) is 1. The van der Waals surface area contributed by atoms with E-state index in [2.05, 4.69) is 43.3 Å². The van der Waals surface area contributed by atoms with Crippen LogP contribution < -0.4 is 5.73 Å². The second-order valence-electron chi connectivity index (χ2n) is 3.08. The number of aryl methyl sites for hydroxylation is 1. The highest BCUT2D eigenvalue weighted by Gasteiger charge is 1.89. The highest BCUT2D eigenvalue weighted by Crippen LogP contribution is 2.07. The summed E-state index contributed by atoms with van der Waals surface area (Å²) in [5, 5.41) is 0. The molecule has 1 aromatic carbocycles. The molecule has 0 amide bonds. The third-order valence-corrected chi connectivity index (χ3v) is 2.00. The summed E-state index contributed by atoms with van der Waals surface area (Å²) >= 11 is 0. The molecule has 1 rings (SSSR count). The van der Waals surface area contributed by atoms with Crippen LogP contribution in [0.4, 0.5) is 0 Å². The van der Waals surface area contributed by atoms with Crippen LogP contribution in [-0.2, 0) is 6.42 Å². The SMILES string of the molecule is CCc1cccc(/C=C/CCN)c1. The smallest absolute Gasteiger partial charge is 0.00425 e. The molecule has 2 N–H and O–H groups in total. The molecular formula is C12H17N. The Bertz CT molecular complexity index is 276. The predicted octanol–water partition coefficient (Wildman–Crippen LogP) is 2.61. The Kier molecular flexibility index (Phi) is 4.27. The van der Waals surface area contributed by atoms with E-state index in [0.717, 1.165) is 19.4 Å². The van der Waals surface area contributed by atoms with E-state index >= 15 is 0 Å². The Morgan fingerprint density at radius 2 is 2.23 bits per heavy atom. The molecule has 0 unspecified atom stereocenters. The number of hydrogen-bond acceptors (Lipinski definition) is 1. The monoisotopic (exact) mass is 175 g/mol. The number of hydrogen-bond donors (Lipinski definition) is 1. The van der Waals surface area contributed by atoms with Crippen LogP contribution in [-0.4, -0.2) is 6.54 Å². The Labute approximate surface area is 80.3 Å². The van der Waals surface area contributed by atoms with E-state index in [1.807, 2.05) is 0 Å². The normalized spacial score (nSPS) is 10.9. The van der Waals surface area contributed by atoms with E-state index < -0.39 is 0 Å². The van der Waals surface area contributed by atoms with Crippen molar-refractivity contribution in [2.24, 2.45) is 5.73 Å². The lowest BCUT2D eigenvalue weighted by Gasteiger charge is -1.97. The molecule has 1 nitrogen and oxygen atoms in total. The molecule has 0 heterocycles. The summed E-state index contributed by atoms with van der Waals surface area (Å²) in [6, 6.07) is 8.58. The molecule has 0 radical (unpaired) electrons. The van der Waals surface area contributed by atoms with Gasteiger partial charge in [-0.2, -0.15) is 0 Å². The third kappa shape index (κ3) is 3.43. The lowest BCUT2D eigenvalue weighted by Crippen LogP contribution is -1.94. The van der Waals surface area contributed by atoms with Crippen molar-refractivity contribution >= 4 is 6.08 Å². The van der Waals surface area contributed by atoms with Crippen LogP contribution in [0.25, 0.3) is 6.08 Å². The first-order valence-corrected chi connectivity index (χ1v) is 4.82. The summed E-state index contributed by atoms with van der Waals surface area (Å²) in [4.78, 5) is 0. The minimum absolute atomic E-state index is 0.726. The van der Waals surface area contributed by atoms with E-state index in [1.54, 1.807) is 0 Å². The van der Waals surface area contributed by atoms with Gasteiger partial charge in [-0.15, -0.1) is 0 Å². The minimum Gasteiger partial charge on any atom is -0.330 e. The first kappa shape index (κ1) is 10.0. The number of rotatable bonds is 4. The second-order valence-corrected chi connectivity index (χ2v) is 3.08. The highest BCUT2D eigenvalue weighted by atomic mass is 14.5. The van der Waals surface area contributed by atoms with Gasteiger partial charge in [-0.3, -0.25) is 0 Å².